The highest BCUT2D eigenvalue weighted by Crippen LogP contribution is 2.35. The maximum atomic E-state index is 13.9. The van der Waals surface area contributed by atoms with E-state index in [0.29, 0.717) is 35.1 Å². The number of aromatic nitrogens is 2. The molecule has 4 aliphatic heterocycles. The van der Waals surface area contributed by atoms with Crippen molar-refractivity contribution >= 4 is 56.7 Å². The van der Waals surface area contributed by atoms with Crippen molar-refractivity contribution in [1.82, 2.24) is 35.1 Å². The molecule has 5 heterocycles. The molecule has 1 aromatic heterocycles. The normalized spacial score (nSPS) is 18.2. The van der Waals surface area contributed by atoms with Gasteiger partial charge in [0.1, 0.15) is 11.4 Å². The molecular weight excluding hydrogens is 828 g/mol. The van der Waals surface area contributed by atoms with Gasteiger partial charge in [-0.2, -0.15) is 18.2 Å². The van der Waals surface area contributed by atoms with Crippen molar-refractivity contribution in [2.75, 3.05) is 79.0 Å². The van der Waals surface area contributed by atoms with E-state index in [1.165, 1.54) is 17.1 Å². The molecule has 16 nitrogen and oxygen atoms in total. The number of nitrogens with one attached hydrogen (secondary N) is 3. The second-order valence-electron chi connectivity index (χ2n) is 16.0. The van der Waals surface area contributed by atoms with Crippen molar-refractivity contribution in [1.29, 1.82) is 0 Å². The fourth-order valence-corrected chi connectivity index (χ4v) is 8.88. The molecule has 8 rings (SSSR count). The van der Waals surface area contributed by atoms with Gasteiger partial charge >= 0.3 is 12.2 Å². The van der Waals surface area contributed by atoms with Crippen molar-refractivity contribution in [3.63, 3.8) is 0 Å². The summed E-state index contributed by atoms with van der Waals surface area (Å²) in [7, 11) is -2.12. The van der Waals surface area contributed by atoms with Gasteiger partial charge in [-0.15, -0.1) is 0 Å². The van der Waals surface area contributed by atoms with Crippen molar-refractivity contribution in [2.45, 2.75) is 51.1 Å². The number of amides is 4. The Kier molecular flexibility index (Phi) is 12.0. The number of sulfonamides is 1. The van der Waals surface area contributed by atoms with Gasteiger partial charge in [0.15, 0.2) is 0 Å². The molecule has 0 aliphatic carbocycles. The Balaban J connectivity index is 0.806. The first-order valence-electron chi connectivity index (χ1n) is 20.4. The Labute approximate surface area is 357 Å². The van der Waals surface area contributed by atoms with Gasteiger partial charge in [0.2, 0.25) is 21.9 Å². The van der Waals surface area contributed by atoms with Crippen LogP contribution < -0.4 is 25.2 Å². The number of imide groups is 1. The smallest absolute Gasteiger partial charge is 0.371 e. The summed E-state index contributed by atoms with van der Waals surface area (Å²) in [5.41, 5.74) is 4.16. The van der Waals surface area contributed by atoms with Crippen LogP contribution in [-0.4, -0.2) is 121 Å². The number of hydrogen-bond acceptors (Lipinski definition) is 12. The molecule has 20 heteroatoms. The lowest BCUT2D eigenvalue weighted by molar-refractivity contribution is -0.137. The molecule has 4 aromatic rings. The van der Waals surface area contributed by atoms with E-state index < -0.39 is 33.6 Å². The number of urea groups is 1. The third-order valence-corrected chi connectivity index (χ3v) is 13.1. The van der Waals surface area contributed by atoms with Crippen LogP contribution in [0.2, 0.25) is 0 Å². The van der Waals surface area contributed by atoms with Gasteiger partial charge in [-0.05, 0) is 72.0 Å². The summed E-state index contributed by atoms with van der Waals surface area (Å²) >= 11 is 0. The summed E-state index contributed by atoms with van der Waals surface area (Å²) in [5, 5.41) is 10.8. The molecular formula is C42H48F3N11O5S. The standard InChI is InChI=1S/C42H48F3N11O5S/c1-51(62(2,60)61)34-5-3-4-28(23-34)24-46-38-36(42(43,44)45)25-47-40(50-38)48-31-7-9-32(10-8-31)53-15-12-33(13-16-53)54-20-18-52(19-21-54)26-29-6-11-35-30(22-29)27-56(39(35)58)55-17-14-37(57)49-41(55)59/h3-11,22-23,25,33H,12-21,24,26-27H2,1-2H3,(H,49,57,59)(H2,46,47,48,50). The van der Waals surface area contributed by atoms with Crippen molar-refractivity contribution in [3.05, 3.63) is 101 Å². The minimum absolute atomic E-state index is 0.0137. The predicted octanol–water partition coefficient (Wildman–Crippen LogP) is 4.85. The average Bonchev–Trinajstić information content (AvgIpc) is 3.57. The fourth-order valence-electron chi connectivity index (χ4n) is 8.38. The second-order valence-corrected chi connectivity index (χ2v) is 18.0. The van der Waals surface area contributed by atoms with E-state index in [4.69, 9.17) is 0 Å². The number of anilines is 5. The molecule has 0 radical (unpaired) electrons. The Morgan fingerprint density at radius 2 is 1.63 bits per heavy atom. The quantitative estimate of drug-likeness (QED) is 0.178. The summed E-state index contributed by atoms with van der Waals surface area (Å²) in [6.45, 7) is 6.77. The van der Waals surface area contributed by atoms with Gasteiger partial charge in [0.05, 0.1) is 25.0 Å². The van der Waals surface area contributed by atoms with E-state index >= 15 is 0 Å². The number of halogens is 3. The highest BCUT2D eigenvalue weighted by Gasteiger charge is 2.38. The highest BCUT2D eigenvalue weighted by molar-refractivity contribution is 7.92. The van der Waals surface area contributed by atoms with Gasteiger partial charge < -0.3 is 15.5 Å². The van der Waals surface area contributed by atoms with Gasteiger partial charge in [0, 0.05) is 95.0 Å². The SMILES string of the molecule is CN(c1cccc(CNc2nc(Nc3ccc(N4CCC(N5CCN(Cc6ccc7c(c6)CN(N6CCC(=O)NC6=O)C7=O)CC5)CC4)cc3)ncc2C(F)(F)F)c1)S(C)(=O)=O. The Morgan fingerprint density at radius 1 is 0.887 bits per heavy atom. The molecule has 4 aliphatic rings. The summed E-state index contributed by atoms with van der Waals surface area (Å²) < 4.78 is 66.9. The zero-order valence-electron chi connectivity index (χ0n) is 34.4. The molecule has 62 heavy (non-hydrogen) atoms. The Hall–Kier alpha value is -5.99. The van der Waals surface area contributed by atoms with Crippen molar-refractivity contribution in [3.8, 4) is 0 Å². The molecule has 0 unspecified atom stereocenters. The van der Waals surface area contributed by atoms with Gasteiger partial charge in [0.25, 0.3) is 5.91 Å². The number of hydrogen-bond donors (Lipinski definition) is 3. The monoisotopic (exact) mass is 875 g/mol. The second kappa shape index (κ2) is 17.4. The van der Waals surface area contributed by atoms with Gasteiger partial charge in [-0.3, -0.25) is 29.0 Å². The van der Waals surface area contributed by atoms with Crippen LogP contribution in [0.3, 0.4) is 0 Å². The summed E-state index contributed by atoms with van der Waals surface area (Å²) in [5.74, 6) is -0.996. The predicted molar refractivity (Wildman–Crippen MR) is 227 cm³/mol. The zero-order valence-corrected chi connectivity index (χ0v) is 35.2. The van der Waals surface area contributed by atoms with Crippen LogP contribution in [0, 0.1) is 0 Å². The number of piperidine rings is 1. The van der Waals surface area contributed by atoms with E-state index in [1.54, 1.807) is 24.3 Å². The molecule has 0 atom stereocenters. The third kappa shape index (κ3) is 9.56. The number of carbonyl (C=O) groups is 3. The molecule has 3 fully saturated rings. The van der Waals surface area contributed by atoms with E-state index in [1.807, 2.05) is 36.4 Å². The first kappa shape index (κ1) is 42.7. The molecule has 3 saturated heterocycles. The first-order chi connectivity index (χ1) is 29.6. The van der Waals surface area contributed by atoms with Crippen LogP contribution in [-0.2, 0) is 40.6 Å². The summed E-state index contributed by atoms with van der Waals surface area (Å²) in [4.78, 5) is 52.5. The number of nitrogens with zero attached hydrogens (tertiary/aromatic N) is 8. The number of piperazine rings is 1. The zero-order chi connectivity index (χ0) is 43.8. The largest absolute Gasteiger partial charge is 0.421 e. The number of fused-ring (bicyclic) bond motifs is 1. The fraction of sp³-hybridized carbons (Fsp3) is 0.405. The number of benzene rings is 3. The maximum absolute atomic E-state index is 13.9. The molecule has 3 aromatic carbocycles. The van der Waals surface area contributed by atoms with E-state index in [0.717, 1.165) is 92.2 Å². The topological polar surface area (TPSA) is 167 Å². The minimum Gasteiger partial charge on any atom is -0.371 e. The average molecular weight is 876 g/mol. The van der Waals surface area contributed by atoms with Crippen LogP contribution in [0.5, 0.6) is 0 Å². The first-order valence-corrected chi connectivity index (χ1v) is 22.3. The van der Waals surface area contributed by atoms with Crippen molar-refractivity contribution in [2.24, 2.45) is 0 Å². The Morgan fingerprint density at radius 3 is 2.32 bits per heavy atom. The molecule has 0 spiro atoms. The molecule has 328 valence electrons. The van der Waals surface area contributed by atoms with Gasteiger partial charge in [-0.1, -0.05) is 24.3 Å². The highest BCUT2D eigenvalue weighted by atomic mass is 32.2. The van der Waals surface area contributed by atoms with Crippen LogP contribution in [0.15, 0.2) is 72.9 Å². The third-order valence-electron chi connectivity index (χ3n) is 11.9. The van der Waals surface area contributed by atoms with E-state index in [-0.39, 0.29) is 37.3 Å². The lowest BCUT2D eigenvalue weighted by Crippen LogP contribution is -2.56. The Bertz CT molecular complexity index is 2440. The number of alkyl halides is 3. The number of carbonyl (C=O) groups excluding carboxylic acids is 3. The molecule has 3 N–H and O–H groups in total. The summed E-state index contributed by atoms with van der Waals surface area (Å²) in [6, 6.07) is 19.9. The van der Waals surface area contributed by atoms with Crippen molar-refractivity contribution < 1.29 is 36.0 Å². The van der Waals surface area contributed by atoms with Crippen LogP contribution in [0.25, 0.3) is 0 Å². The van der Waals surface area contributed by atoms with E-state index in [9.17, 15) is 36.0 Å². The minimum atomic E-state index is -4.71. The maximum Gasteiger partial charge on any atom is 0.421 e. The molecule has 0 saturated carbocycles. The van der Waals surface area contributed by atoms with Crippen LogP contribution in [0.4, 0.5) is 46.8 Å². The van der Waals surface area contributed by atoms with Crippen LogP contribution >= 0.6 is 0 Å². The summed E-state index contributed by atoms with van der Waals surface area (Å²) in [6.07, 6.45) is -0.703. The lowest BCUT2D eigenvalue weighted by atomic mass is 10.0. The van der Waals surface area contributed by atoms with Crippen LogP contribution in [0.1, 0.15) is 51.9 Å². The molecule has 4 amide bonds. The number of rotatable bonds is 12. The lowest BCUT2D eigenvalue weighted by Gasteiger charge is -2.43. The van der Waals surface area contributed by atoms with Gasteiger partial charge in [-0.25, -0.2) is 28.2 Å². The number of hydrazine groups is 1. The van der Waals surface area contributed by atoms with E-state index in [2.05, 4.69) is 46.7 Å². The molecule has 0 bridgehead atoms.